The topological polar surface area (TPSA) is 93.1 Å². The van der Waals surface area contributed by atoms with Crippen LogP contribution in [0, 0.1) is 5.92 Å². The van der Waals surface area contributed by atoms with Gasteiger partial charge in [-0.25, -0.2) is 0 Å². The highest BCUT2D eigenvalue weighted by Crippen LogP contribution is 2.15. The van der Waals surface area contributed by atoms with Crippen molar-refractivity contribution >= 4 is 11.9 Å². The fraction of sp³-hybridized carbons (Fsp3) is 0.667. The van der Waals surface area contributed by atoms with Crippen LogP contribution < -0.4 is 0 Å². The van der Waals surface area contributed by atoms with Crippen LogP contribution in [-0.2, 0) is 19.1 Å². The minimum Gasteiger partial charge on any atom is -0.462 e. The van der Waals surface area contributed by atoms with Crippen molar-refractivity contribution in [1.29, 1.82) is 0 Å². The molecule has 6 nitrogen and oxygen atoms in total. The van der Waals surface area contributed by atoms with Crippen molar-refractivity contribution in [3.05, 3.63) is 72.9 Å². The monoisotopic (exact) mass is 671 g/mol. The molecule has 0 aromatic heterocycles. The van der Waals surface area contributed by atoms with Crippen LogP contribution >= 0.6 is 0 Å². The Hall–Kier alpha value is -2.70. The van der Waals surface area contributed by atoms with Crippen molar-refractivity contribution in [2.45, 2.75) is 161 Å². The maximum Gasteiger partial charge on any atom is 0.306 e. The Balaban J connectivity index is 3.85. The zero-order chi connectivity index (χ0) is 35.3. The van der Waals surface area contributed by atoms with Gasteiger partial charge in [0.05, 0.1) is 12.7 Å². The van der Waals surface area contributed by atoms with Gasteiger partial charge in [-0.1, -0.05) is 164 Å². The second-order valence-corrected chi connectivity index (χ2v) is 12.7. The molecule has 2 N–H and O–H groups in total. The minimum absolute atomic E-state index is 0.0293. The van der Waals surface area contributed by atoms with E-state index in [4.69, 9.17) is 9.47 Å². The van der Waals surface area contributed by atoms with Gasteiger partial charge in [-0.3, -0.25) is 9.59 Å². The standard InChI is InChI=1S/C42H70O6/c1-4-6-7-8-9-10-11-12-13-14-15-16-20-23-26-29-32-39(44)34-35-41(45)47-37-40(36-43)48-42(46)33-30-27-24-21-18-17-19-22-25-28-31-38(3)5-2/h6-7,9-10,12-13,15-16,23,26,29,32,38-40,43-44H,4-5,8,11,14,17-22,24-25,27-28,30-31,33-37H2,1-3H3/b7-6-,10-9-,13-12-,16-15-,26-23-,32-29-/t38?,39?,40-/m0/s1. The number of rotatable bonds is 32. The summed E-state index contributed by atoms with van der Waals surface area (Å²) in [4.78, 5) is 24.2. The molecule has 0 rings (SSSR count). The van der Waals surface area contributed by atoms with E-state index in [-0.39, 0.29) is 25.4 Å². The first-order valence-electron chi connectivity index (χ1n) is 19.0. The first-order chi connectivity index (χ1) is 23.4. The lowest BCUT2D eigenvalue weighted by atomic mass is 9.99. The van der Waals surface area contributed by atoms with Crippen molar-refractivity contribution < 1.29 is 29.3 Å². The van der Waals surface area contributed by atoms with E-state index in [1.54, 1.807) is 12.2 Å². The molecular weight excluding hydrogens is 600 g/mol. The second-order valence-electron chi connectivity index (χ2n) is 12.7. The molecule has 2 unspecified atom stereocenters. The Kier molecular flexibility index (Phi) is 33.6. The summed E-state index contributed by atoms with van der Waals surface area (Å²) in [7, 11) is 0. The van der Waals surface area contributed by atoms with Gasteiger partial charge >= 0.3 is 11.9 Å². The van der Waals surface area contributed by atoms with Gasteiger partial charge in [0.25, 0.3) is 0 Å². The third kappa shape index (κ3) is 33.2. The fourth-order valence-corrected chi connectivity index (χ4v) is 4.87. The summed E-state index contributed by atoms with van der Waals surface area (Å²) in [6.07, 6.45) is 42.9. The van der Waals surface area contributed by atoms with Crippen molar-refractivity contribution in [1.82, 2.24) is 0 Å². The number of aliphatic hydroxyl groups excluding tert-OH is 2. The highest BCUT2D eigenvalue weighted by molar-refractivity contribution is 5.70. The highest BCUT2D eigenvalue weighted by Gasteiger charge is 2.16. The van der Waals surface area contributed by atoms with Crippen molar-refractivity contribution in [3.8, 4) is 0 Å². The number of hydrogen-bond acceptors (Lipinski definition) is 6. The van der Waals surface area contributed by atoms with Crippen LogP contribution in [0.2, 0.25) is 0 Å². The van der Waals surface area contributed by atoms with Crippen LogP contribution in [0.1, 0.15) is 149 Å². The minimum atomic E-state index is -0.869. The van der Waals surface area contributed by atoms with E-state index in [0.717, 1.165) is 57.3 Å². The molecule has 274 valence electrons. The van der Waals surface area contributed by atoms with E-state index in [9.17, 15) is 19.8 Å². The SMILES string of the molecule is CC/C=C\C/C=C\C/C=C\C/C=C\C/C=C\C=C/C(O)CCC(=O)OC[C@H](CO)OC(=O)CCCCCCCCCCCCC(C)CC. The Morgan fingerprint density at radius 1 is 0.625 bits per heavy atom. The number of esters is 2. The number of allylic oxidation sites excluding steroid dienone is 11. The van der Waals surface area contributed by atoms with Gasteiger partial charge in [0.15, 0.2) is 6.10 Å². The van der Waals surface area contributed by atoms with Gasteiger partial charge < -0.3 is 19.7 Å². The molecule has 0 aromatic carbocycles. The number of aliphatic hydroxyl groups is 2. The third-order valence-electron chi connectivity index (χ3n) is 8.17. The molecule has 0 aliphatic heterocycles. The third-order valence-corrected chi connectivity index (χ3v) is 8.17. The molecule has 0 aliphatic rings. The Morgan fingerprint density at radius 3 is 1.69 bits per heavy atom. The molecule has 0 amide bonds. The molecule has 0 radical (unpaired) electrons. The fourth-order valence-electron chi connectivity index (χ4n) is 4.87. The predicted octanol–water partition coefficient (Wildman–Crippen LogP) is 10.6. The maximum absolute atomic E-state index is 12.2. The molecule has 0 fully saturated rings. The first kappa shape index (κ1) is 45.3. The lowest BCUT2D eigenvalue weighted by Crippen LogP contribution is -2.28. The Labute approximate surface area is 294 Å². The predicted molar refractivity (Wildman–Crippen MR) is 202 cm³/mol. The summed E-state index contributed by atoms with van der Waals surface area (Å²) < 4.78 is 10.4. The lowest BCUT2D eigenvalue weighted by molar-refractivity contribution is -0.161. The second kappa shape index (κ2) is 35.6. The van der Waals surface area contributed by atoms with E-state index >= 15 is 0 Å². The van der Waals surface area contributed by atoms with Crippen LogP contribution in [0.25, 0.3) is 0 Å². The summed E-state index contributed by atoms with van der Waals surface area (Å²) in [6, 6.07) is 0. The van der Waals surface area contributed by atoms with Crippen LogP contribution in [0.4, 0.5) is 0 Å². The van der Waals surface area contributed by atoms with Gasteiger partial charge in [0.1, 0.15) is 6.61 Å². The Morgan fingerprint density at radius 2 is 1.15 bits per heavy atom. The van der Waals surface area contributed by atoms with E-state index in [2.05, 4.69) is 69.4 Å². The number of ether oxygens (including phenoxy) is 2. The van der Waals surface area contributed by atoms with E-state index in [1.165, 1.54) is 57.8 Å². The van der Waals surface area contributed by atoms with Crippen LogP contribution in [-0.4, -0.2) is 47.6 Å². The molecule has 0 saturated heterocycles. The van der Waals surface area contributed by atoms with Gasteiger partial charge in [0, 0.05) is 12.8 Å². The molecule has 0 aromatic rings. The zero-order valence-electron chi connectivity index (χ0n) is 30.7. The molecule has 6 heteroatoms. The summed E-state index contributed by atoms with van der Waals surface area (Å²) in [5.74, 6) is -0.0171. The smallest absolute Gasteiger partial charge is 0.306 e. The molecule has 0 heterocycles. The lowest BCUT2D eigenvalue weighted by Gasteiger charge is -2.16. The van der Waals surface area contributed by atoms with E-state index in [0.29, 0.717) is 6.42 Å². The first-order valence-corrected chi connectivity index (χ1v) is 19.0. The molecule has 0 saturated carbocycles. The summed E-state index contributed by atoms with van der Waals surface area (Å²) in [6.45, 7) is 6.15. The molecule has 0 spiro atoms. The summed E-state index contributed by atoms with van der Waals surface area (Å²) >= 11 is 0. The van der Waals surface area contributed by atoms with E-state index < -0.39 is 24.8 Å². The van der Waals surface area contributed by atoms with Crippen LogP contribution in [0.15, 0.2) is 72.9 Å². The molecular formula is C42H70O6. The number of unbranched alkanes of at least 4 members (excludes halogenated alkanes) is 9. The number of carbonyl (C=O) groups excluding carboxylic acids is 2. The molecule has 0 aliphatic carbocycles. The average Bonchev–Trinajstić information content (AvgIpc) is 3.09. The normalized spacial score (nSPS) is 14.4. The van der Waals surface area contributed by atoms with Gasteiger partial charge in [0.2, 0.25) is 0 Å². The summed E-state index contributed by atoms with van der Waals surface area (Å²) in [5.41, 5.74) is 0. The quantitative estimate of drug-likeness (QED) is 0.0320. The van der Waals surface area contributed by atoms with Crippen molar-refractivity contribution in [2.24, 2.45) is 5.92 Å². The van der Waals surface area contributed by atoms with Crippen molar-refractivity contribution in [3.63, 3.8) is 0 Å². The van der Waals surface area contributed by atoms with Crippen LogP contribution in [0.5, 0.6) is 0 Å². The van der Waals surface area contributed by atoms with Gasteiger partial charge in [-0.05, 0) is 50.9 Å². The van der Waals surface area contributed by atoms with Crippen molar-refractivity contribution in [2.75, 3.05) is 13.2 Å². The number of hydrogen-bond donors (Lipinski definition) is 2. The highest BCUT2D eigenvalue weighted by atomic mass is 16.6. The van der Waals surface area contributed by atoms with Gasteiger partial charge in [-0.2, -0.15) is 0 Å². The summed E-state index contributed by atoms with van der Waals surface area (Å²) in [5, 5.41) is 19.6. The Bertz CT molecular complexity index is 928. The van der Waals surface area contributed by atoms with Gasteiger partial charge in [-0.15, -0.1) is 0 Å². The molecule has 48 heavy (non-hydrogen) atoms. The zero-order valence-corrected chi connectivity index (χ0v) is 30.7. The largest absolute Gasteiger partial charge is 0.462 e. The number of carbonyl (C=O) groups is 2. The average molecular weight is 671 g/mol. The molecule has 0 bridgehead atoms. The van der Waals surface area contributed by atoms with Crippen LogP contribution in [0.3, 0.4) is 0 Å². The maximum atomic E-state index is 12.2. The molecule has 3 atom stereocenters. The van der Waals surface area contributed by atoms with E-state index in [1.807, 2.05) is 12.2 Å².